The summed E-state index contributed by atoms with van der Waals surface area (Å²) in [6.45, 7) is 4.66. The number of phenolic OH excluding ortho intramolecular Hbond substituents is 1. The molecule has 0 aliphatic heterocycles. The molecule has 7 heteroatoms. The maximum Gasteiger partial charge on any atom is 0.255 e. The van der Waals surface area contributed by atoms with Crippen LogP contribution in [0, 0.1) is 11.8 Å². The average molecular weight is 391 g/mol. The third-order valence-corrected chi connectivity index (χ3v) is 4.96. The number of amides is 1. The molecule has 1 amide bonds. The first-order valence-corrected chi connectivity index (χ1v) is 10.7. The second kappa shape index (κ2) is 8.90. The van der Waals surface area contributed by atoms with E-state index in [0.29, 0.717) is 12.5 Å². The average Bonchev–Trinajstić information content (AvgIpc) is 2.59. The molecule has 2 aromatic rings. The number of carbonyl (C=O) groups is 1. The molecule has 146 valence electrons. The molecule has 0 radical (unpaired) electrons. The normalized spacial score (nSPS) is 12.6. The molecule has 2 rings (SSSR count). The Morgan fingerprint density at radius 2 is 1.78 bits per heavy atom. The maximum absolute atomic E-state index is 12.5. The fourth-order valence-electron chi connectivity index (χ4n) is 2.77. The van der Waals surface area contributed by atoms with Gasteiger partial charge in [0.25, 0.3) is 5.91 Å². The SMILES string of the molecule is CC(C)[C@@H](CNC(=O)c1cc(NS(C)(=O)=O)ccc1O)Cc1ccccc1. The number of hydrogen-bond acceptors (Lipinski definition) is 4. The van der Waals surface area contributed by atoms with Crippen LogP contribution in [-0.4, -0.2) is 32.2 Å². The zero-order valence-electron chi connectivity index (χ0n) is 15.8. The van der Waals surface area contributed by atoms with Crippen LogP contribution < -0.4 is 10.0 Å². The van der Waals surface area contributed by atoms with Crippen LogP contribution in [0.2, 0.25) is 0 Å². The van der Waals surface area contributed by atoms with Gasteiger partial charge in [-0.2, -0.15) is 0 Å². The fourth-order valence-corrected chi connectivity index (χ4v) is 3.33. The van der Waals surface area contributed by atoms with E-state index in [1.165, 1.54) is 23.8 Å². The lowest BCUT2D eigenvalue weighted by Gasteiger charge is -2.21. The summed E-state index contributed by atoms with van der Waals surface area (Å²) in [7, 11) is -3.47. The van der Waals surface area contributed by atoms with Gasteiger partial charge in [0.1, 0.15) is 5.75 Å². The highest BCUT2D eigenvalue weighted by atomic mass is 32.2. The van der Waals surface area contributed by atoms with E-state index in [-0.39, 0.29) is 22.9 Å². The Labute approximate surface area is 160 Å². The minimum Gasteiger partial charge on any atom is -0.507 e. The number of aromatic hydroxyl groups is 1. The van der Waals surface area contributed by atoms with Crippen molar-refractivity contribution in [1.82, 2.24) is 5.32 Å². The Balaban J connectivity index is 2.08. The first-order chi connectivity index (χ1) is 12.7. The van der Waals surface area contributed by atoms with Crippen molar-refractivity contribution < 1.29 is 18.3 Å². The van der Waals surface area contributed by atoms with Crippen LogP contribution in [-0.2, 0) is 16.4 Å². The van der Waals surface area contributed by atoms with E-state index in [1.807, 2.05) is 18.2 Å². The van der Waals surface area contributed by atoms with Crippen molar-refractivity contribution in [3.63, 3.8) is 0 Å². The number of rotatable bonds is 8. The van der Waals surface area contributed by atoms with E-state index in [1.54, 1.807) is 0 Å². The monoisotopic (exact) mass is 390 g/mol. The molecule has 0 aromatic heterocycles. The Morgan fingerprint density at radius 3 is 2.37 bits per heavy atom. The van der Waals surface area contributed by atoms with Crippen molar-refractivity contribution in [2.45, 2.75) is 20.3 Å². The van der Waals surface area contributed by atoms with Crippen molar-refractivity contribution in [2.75, 3.05) is 17.5 Å². The molecule has 27 heavy (non-hydrogen) atoms. The van der Waals surface area contributed by atoms with Crippen LogP contribution in [0.15, 0.2) is 48.5 Å². The van der Waals surface area contributed by atoms with Crippen LogP contribution in [0.3, 0.4) is 0 Å². The molecule has 3 N–H and O–H groups in total. The molecule has 0 saturated heterocycles. The van der Waals surface area contributed by atoms with E-state index < -0.39 is 15.9 Å². The zero-order chi connectivity index (χ0) is 20.0. The Kier molecular flexibility index (Phi) is 6.85. The third kappa shape index (κ3) is 6.60. The summed E-state index contributed by atoms with van der Waals surface area (Å²) in [6.07, 6.45) is 1.86. The van der Waals surface area contributed by atoms with Crippen molar-refractivity contribution in [1.29, 1.82) is 0 Å². The second-order valence-electron chi connectivity index (χ2n) is 7.01. The van der Waals surface area contributed by atoms with Gasteiger partial charge in [-0.15, -0.1) is 0 Å². The molecule has 0 bridgehead atoms. The molecule has 6 nitrogen and oxygen atoms in total. The first kappa shape index (κ1) is 20.8. The van der Waals surface area contributed by atoms with Crippen molar-refractivity contribution in [2.24, 2.45) is 11.8 Å². The van der Waals surface area contributed by atoms with Crippen molar-refractivity contribution >= 4 is 21.6 Å². The number of sulfonamides is 1. The standard InChI is InChI=1S/C20H26N2O4S/c1-14(2)16(11-15-7-5-4-6-8-15)13-21-20(24)18-12-17(9-10-19(18)23)22-27(3,25)26/h4-10,12,14,16,22-23H,11,13H2,1-3H3,(H,21,24)/t16-/m1/s1. The van der Waals surface area contributed by atoms with Gasteiger partial charge in [-0.1, -0.05) is 44.2 Å². The highest BCUT2D eigenvalue weighted by Crippen LogP contribution is 2.23. The predicted molar refractivity (Wildman–Crippen MR) is 107 cm³/mol. The lowest BCUT2D eigenvalue weighted by Crippen LogP contribution is -2.32. The number of phenols is 1. The molecule has 0 heterocycles. The number of benzene rings is 2. The van der Waals surface area contributed by atoms with Gasteiger partial charge in [-0.25, -0.2) is 8.42 Å². The molecular formula is C20H26N2O4S. The number of carbonyl (C=O) groups excluding carboxylic acids is 1. The summed E-state index contributed by atoms with van der Waals surface area (Å²) in [4.78, 5) is 12.5. The zero-order valence-corrected chi connectivity index (χ0v) is 16.6. The minimum atomic E-state index is -3.47. The van der Waals surface area contributed by atoms with E-state index in [2.05, 4.69) is 36.0 Å². The van der Waals surface area contributed by atoms with Crippen molar-refractivity contribution in [3.05, 3.63) is 59.7 Å². The van der Waals surface area contributed by atoms with Gasteiger partial charge < -0.3 is 10.4 Å². The molecule has 0 spiro atoms. The van der Waals surface area contributed by atoms with Crippen LogP contribution in [0.1, 0.15) is 29.8 Å². The molecule has 0 unspecified atom stereocenters. The van der Waals surface area contributed by atoms with E-state index in [4.69, 9.17) is 0 Å². The summed E-state index contributed by atoms with van der Waals surface area (Å²) in [5.74, 6) is -0.0489. The van der Waals surface area contributed by atoms with Crippen LogP contribution in [0.5, 0.6) is 5.75 Å². The Bertz CT molecular complexity index is 880. The van der Waals surface area contributed by atoms with Gasteiger partial charge in [0.05, 0.1) is 11.8 Å². The van der Waals surface area contributed by atoms with Gasteiger partial charge in [0.2, 0.25) is 10.0 Å². The first-order valence-electron chi connectivity index (χ1n) is 8.78. The molecule has 0 aliphatic carbocycles. The largest absolute Gasteiger partial charge is 0.507 e. The maximum atomic E-state index is 12.5. The lowest BCUT2D eigenvalue weighted by molar-refractivity contribution is 0.0940. The van der Waals surface area contributed by atoms with Gasteiger partial charge >= 0.3 is 0 Å². The van der Waals surface area contributed by atoms with E-state index in [0.717, 1.165) is 12.7 Å². The predicted octanol–water partition coefficient (Wildman–Crippen LogP) is 3.01. The fraction of sp³-hybridized carbons (Fsp3) is 0.350. The Hall–Kier alpha value is -2.54. The topological polar surface area (TPSA) is 95.5 Å². The smallest absolute Gasteiger partial charge is 0.255 e. The molecule has 0 aliphatic rings. The lowest BCUT2D eigenvalue weighted by atomic mass is 9.89. The van der Waals surface area contributed by atoms with Gasteiger partial charge in [0.15, 0.2) is 0 Å². The molecular weight excluding hydrogens is 364 g/mol. The highest BCUT2D eigenvalue weighted by molar-refractivity contribution is 7.92. The van der Waals surface area contributed by atoms with E-state index >= 15 is 0 Å². The van der Waals surface area contributed by atoms with Crippen LogP contribution in [0.4, 0.5) is 5.69 Å². The van der Waals surface area contributed by atoms with Crippen LogP contribution >= 0.6 is 0 Å². The molecule has 2 aromatic carbocycles. The summed E-state index contributed by atoms with van der Waals surface area (Å²) < 4.78 is 25.0. The third-order valence-electron chi connectivity index (χ3n) is 4.35. The Morgan fingerprint density at radius 1 is 1.11 bits per heavy atom. The highest BCUT2D eigenvalue weighted by Gasteiger charge is 2.18. The second-order valence-corrected chi connectivity index (χ2v) is 8.76. The summed E-state index contributed by atoms with van der Waals surface area (Å²) in [5.41, 5.74) is 1.46. The number of nitrogens with one attached hydrogen (secondary N) is 2. The quantitative estimate of drug-likeness (QED) is 0.604. The van der Waals surface area contributed by atoms with Gasteiger partial charge in [0, 0.05) is 12.2 Å². The van der Waals surface area contributed by atoms with Crippen molar-refractivity contribution in [3.8, 4) is 5.75 Å². The number of hydrogen-bond donors (Lipinski definition) is 3. The van der Waals surface area contributed by atoms with E-state index in [9.17, 15) is 18.3 Å². The molecule has 0 fully saturated rings. The molecule has 1 atom stereocenters. The van der Waals surface area contributed by atoms with Crippen LogP contribution in [0.25, 0.3) is 0 Å². The summed E-state index contributed by atoms with van der Waals surface area (Å²) in [6, 6.07) is 14.1. The number of anilines is 1. The summed E-state index contributed by atoms with van der Waals surface area (Å²) >= 11 is 0. The van der Waals surface area contributed by atoms with Gasteiger partial charge in [-0.3, -0.25) is 9.52 Å². The molecule has 0 saturated carbocycles. The van der Waals surface area contributed by atoms with Gasteiger partial charge in [-0.05, 0) is 42.0 Å². The minimum absolute atomic E-state index is 0.0332. The summed E-state index contributed by atoms with van der Waals surface area (Å²) in [5, 5.41) is 12.8.